The molecule has 10 heteroatoms. The molecular formula is C25H24FN5O4. The van der Waals surface area contributed by atoms with Gasteiger partial charge in [0.05, 0.1) is 18.3 Å². The average Bonchev–Trinajstić information content (AvgIpc) is 3.54. The zero-order valence-electron chi connectivity index (χ0n) is 19.1. The Kier molecular flexibility index (Phi) is 6.62. The van der Waals surface area contributed by atoms with Crippen LogP contribution in [0.15, 0.2) is 52.9 Å². The predicted molar refractivity (Wildman–Crippen MR) is 122 cm³/mol. The van der Waals surface area contributed by atoms with Gasteiger partial charge in [0.1, 0.15) is 23.4 Å². The van der Waals surface area contributed by atoms with Crippen molar-refractivity contribution in [1.29, 1.82) is 0 Å². The number of carbonyl (C=O) groups is 1. The number of aromatic amines is 1. The lowest BCUT2D eigenvalue weighted by Crippen LogP contribution is -2.30. The van der Waals surface area contributed by atoms with E-state index in [4.69, 9.17) is 13.9 Å². The fourth-order valence-corrected chi connectivity index (χ4v) is 4.12. The molecule has 0 unspecified atom stereocenters. The van der Waals surface area contributed by atoms with Gasteiger partial charge in [-0.05, 0) is 67.8 Å². The average molecular weight is 477 g/mol. The van der Waals surface area contributed by atoms with Crippen LogP contribution in [0.2, 0.25) is 0 Å². The molecule has 2 aromatic heterocycles. The number of halogens is 1. The Morgan fingerprint density at radius 2 is 1.97 bits per heavy atom. The number of nitrogens with one attached hydrogen (secondary N) is 1. The maximum absolute atomic E-state index is 13.2. The summed E-state index contributed by atoms with van der Waals surface area (Å²) in [4.78, 5) is 17.3. The molecule has 0 saturated heterocycles. The Hall–Kier alpha value is -3.92. The fraction of sp³-hybridized carbons (Fsp3) is 0.320. The van der Waals surface area contributed by atoms with Gasteiger partial charge in [0.2, 0.25) is 11.7 Å². The lowest BCUT2D eigenvalue weighted by molar-refractivity contribution is -0.0368. The largest absolute Gasteiger partial charge is 0.459 e. The molecule has 0 amide bonds. The molecular weight excluding hydrogens is 453 g/mol. The van der Waals surface area contributed by atoms with Crippen LogP contribution in [0.3, 0.4) is 0 Å². The molecule has 180 valence electrons. The first-order chi connectivity index (χ1) is 17.0. The standard InChI is InChI=1S/C25H24FN5O4/c1-15-22(27-24(34-15)16-8-10-19(26)11-9-16)14-33-20-6-3-7-21(13-20)35-25(32)18-5-2-4-17(12-18)23-28-30-31-29-23/h2,4-5,8-12,20-21H,3,6-7,13-14H2,1H3,(H,28,29,30,31)/t20-,21+/m1/s1. The lowest BCUT2D eigenvalue weighted by atomic mass is 9.94. The van der Waals surface area contributed by atoms with Gasteiger partial charge in [-0.1, -0.05) is 12.1 Å². The van der Waals surface area contributed by atoms with Crippen LogP contribution >= 0.6 is 0 Å². The number of nitrogens with zero attached hydrogens (tertiary/aromatic N) is 4. The van der Waals surface area contributed by atoms with E-state index in [1.807, 2.05) is 6.92 Å². The molecule has 2 aromatic carbocycles. The number of aromatic nitrogens is 5. The molecule has 4 aromatic rings. The number of hydrogen-bond acceptors (Lipinski definition) is 8. The number of aryl methyl sites for hydroxylation is 1. The van der Waals surface area contributed by atoms with Gasteiger partial charge < -0.3 is 13.9 Å². The Morgan fingerprint density at radius 3 is 2.77 bits per heavy atom. The first-order valence-corrected chi connectivity index (χ1v) is 11.4. The third kappa shape index (κ3) is 5.43. The van der Waals surface area contributed by atoms with E-state index in [1.54, 1.807) is 36.4 Å². The van der Waals surface area contributed by atoms with Gasteiger partial charge in [-0.25, -0.2) is 14.2 Å². The minimum absolute atomic E-state index is 0.0578. The summed E-state index contributed by atoms with van der Waals surface area (Å²) in [5.41, 5.74) is 2.51. The van der Waals surface area contributed by atoms with Crippen molar-refractivity contribution in [2.45, 2.75) is 51.4 Å². The second-order valence-corrected chi connectivity index (χ2v) is 8.47. The number of H-pyrrole nitrogens is 1. The van der Waals surface area contributed by atoms with Crippen LogP contribution < -0.4 is 0 Å². The lowest BCUT2D eigenvalue weighted by Gasteiger charge is -2.28. The van der Waals surface area contributed by atoms with Crippen molar-refractivity contribution in [3.63, 3.8) is 0 Å². The fourth-order valence-electron chi connectivity index (χ4n) is 4.12. The third-order valence-corrected chi connectivity index (χ3v) is 5.99. The van der Waals surface area contributed by atoms with E-state index < -0.39 is 5.97 Å². The molecule has 1 aliphatic rings. The first-order valence-electron chi connectivity index (χ1n) is 11.4. The van der Waals surface area contributed by atoms with Crippen molar-refractivity contribution in [3.8, 4) is 22.8 Å². The van der Waals surface area contributed by atoms with Crippen molar-refractivity contribution in [3.05, 3.63) is 71.4 Å². The molecule has 1 N–H and O–H groups in total. The van der Waals surface area contributed by atoms with E-state index in [9.17, 15) is 9.18 Å². The van der Waals surface area contributed by atoms with Crippen molar-refractivity contribution in [2.24, 2.45) is 0 Å². The smallest absolute Gasteiger partial charge is 0.338 e. The zero-order chi connectivity index (χ0) is 24.2. The minimum Gasteiger partial charge on any atom is -0.459 e. The molecule has 1 saturated carbocycles. The second kappa shape index (κ2) is 10.1. The van der Waals surface area contributed by atoms with Crippen LogP contribution in [0, 0.1) is 12.7 Å². The van der Waals surface area contributed by atoms with Crippen LogP contribution in [0.1, 0.15) is 47.5 Å². The summed E-state index contributed by atoms with van der Waals surface area (Å²) in [5, 5.41) is 13.8. The summed E-state index contributed by atoms with van der Waals surface area (Å²) in [6.07, 6.45) is 2.87. The second-order valence-electron chi connectivity index (χ2n) is 8.47. The highest BCUT2D eigenvalue weighted by molar-refractivity contribution is 5.90. The maximum Gasteiger partial charge on any atom is 0.338 e. The van der Waals surface area contributed by atoms with Gasteiger partial charge in [0.15, 0.2) is 0 Å². The molecule has 5 rings (SSSR count). The number of ether oxygens (including phenoxy) is 2. The van der Waals surface area contributed by atoms with E-state index in [-0.39, 0.29) is 24.6 Å². The minimum atomic E-state index is -0.391. The van der Waals surface area contributed by atoms with Gasteiger partial charge in [-0.3, -0.25) is 0 Å². The van der Waals surface area contributed by atoms with Crippen LogP contribution in [-0.4, -0.2) is 43.8 Å². The highest BCUT2D eigenvalue weighted by atomic mass is 19.1. The molecule has 1 aliphatic carbocycles. The Bertz CT molecular complexity index is 1290. The number of hydrogen-bond donors (Lipinski definition) is 1. The molecule has 0 spiro atoms. The SMILES string of the molecule is Cc1oc(-c2ccc(F)cc2)nc1CO[C@@H]1CCC[C@H](OC(=O)c2cccc(-c3nn[nH]n3)c2)C1. The van der Waals surface area contributed by atoms with Crippen molar-refractivity contribution < 1.29 is 23.1 Å². The number of oxazole rings is 1. The molecule has 35 heavy (non-hydrogen) atoms. The van der Waals surface area contributed by atoms with Crippen molar-refractivity contribution >= 4 is 5.97 Å². The van der Waals surface area contributed by atoms with Gasteiger partial charge in [-0.15, -0.1) is 10.2 Å². The first kappa shape index (κ1) is 22.9. The molecule has 0 bridgehead atoms. The summed E-state index contributed by atoms with van der Waals surface area (Å²) in [6, 6.07) is 13.0. The van der Waals surface area contributed by atoms with Gasteiger partial charge >= 0.3 is 5.97 Å². The van der Waals surface area contributed by atoms with E-state index in [0.717, 1.165) is 19.3 Å². The van der Waals surface area contributed by atoms with Crippen LogP contribution in [0.25, 0.3) is 22.8 Å². The Labute approximate surface area is 200 Å². The van der Waals surface area contributed by atoms with Crippen LogP contribution in [0.5, 0.6) is 0 Å². The van der Waals surface area contributed by atoms with Gasteiger partial charge in [0, 0.05) is 17.5 Å². The Morgan fingerprint density at radius 1 is 1.14 bits per heavy atom. The monoisotopic (exact) mass is 477 g/mol. The van der Waals surface area contributed by atoms with Gasteiger partial charge in [0.25, 0.3) is 0 Å². The highest BCUT2D eigenvalue weighted by Gasteiger charge is 2.27. The summed E-state index contributed by atoms with van der Waals surface area (Å²) in [5.74, 6) is 0.797. The number of tetrazole rings is 1. The molecule has 2 atom stereocenters. The van der Waals surface area contributed by atoms with E-state index in [1.165, 1.54) is 12.1 Å². The molecule has 0 radical (unpaired) electrons. The summed E-state index contributed by atoms with van der Waals surface area (Å²) in [6.45, 7) is 2.11. The van der Waals surface area contributed by atoms with Crippen LogP contribution in [0.4, 0.5) is 4.39 Å². The normalized spacial score (nSPS) is 17.9. The quantitative estimate of drug-likeness (QED) is 0.382. The Balaban J connectivity index is 1.17. The maximum atomic E-state index is 13.2. The summed E-state index contributed by atoms with van der Waals surface area (Å²) in [7, 11) is 0. The van der Waals surface area contributed by atoms with E-state index in [0.29, 0.717) is 46.3 Å². The molecule has 0 aliphatic heterocycles. The molecule has 9 nitrogen and oxygen atoms in total. The van der Waals surface area contributed by atoms with Crippen LogP contribution in [-0.2, 0) is 16.1 Å². The van der Waals surface area contributed by atoms with E-state index >= 15 is 0 Å². The van der Waals surface area contributed by atoms with E-state index in [2.05, 4.69) is 25.6 Å². The zero-order valence-corrected chi connectivity index (χ0v) is 19.1. The number of rotatable bonds is 7. The van der Waals surface area contributed by atoms with Gasteiger partial charge in [-0.2, -0.15) is 5.21 Å². The topological polar surface area (TPSA) is 116 Å². The predicted octanol–water partition coefficient (Wildman–Crippen LogP) is 4.65. The number of carbonyl (C=O) groups excluding carboxylic acids is 1. The number of benzene rings is 2. The third-order valence-electron chi connectivity index (χ3n) is 5.99. The summed E-state index contributed by atoms with van der Waals surface area (Å²) >= 11 is 0. The van der Waals surface area contributed by atoms with Crippen molar-refractivity contribution in [1.82, 2.24) is 25.6 Å². The molecule has 2 heterocycles. The summed E-state index contributed by atoms with van der Waals surface area (Å²) < 4.78 is 30.8. The molecule has 1 fully saturated rings. The highest BCUT2D eigenvalue weighted by Crippen LogP contribution is 2.27. The van der Waals surface area contributed by atoms with Crippen molar-refractivity contribution in [2.75, 3.05) is 0 Å². The number of esters is 1.